The number of hydrogen-bond acceptors (Lipinski definition) is 4. The van der Waals surface area contributed by atoms with E-state index in [2.05, 4.69) is 4.98 Å². The molecule has 3 aromatic rings. The molecule has 5 heteroatoms. The van der Waals surface area contributed by atoms with E-state index in [-0.39, 0.29) is 12.3 Å². The third-order valence-corrected chi connectivity index (χ3v) is 3.59. The summed E-state index contributed by atoms with van der Waals surface area (Å²) in [7, 11) is 5.53. The minimum absolute atomic E-state index is 0.0802. The van der Waals surface area contributed by atoms with Gasteiger partial charge in [0.2, 0.25) is 0 Å². The minimum Gasteiger partial charge on any atom is -0.378 e. The molecule has 5 nitrogen and oxygen atoms in total. The van der Waals surface area contributed by atoms with Crippen LogP contribution >= 0.6 is 0 Å². The van der Waals surface area contributed by atoms with Crippen molar-refractivity contribution in [2.45, 2.75) is 6.73 Å². The first kappa shape index (κ1) is 13.6. The number of hydrogen-bond donors (Lipinski definition) is 0. The highest BCUT2D eigenvalue weighted by Gasteiger charge is 2.12. The summed E-state index contributed by atoms with van der Waals surface area (Å²) in [4.78, 5) is 19.0. The number of aromatic nitrogens is 2. The largest absolute Gasteiger partial charge is 0.378 e. The maximum Gasteiger partial charge on any atom is 0.262 e. The van der Waals surface area contributed by atoms with Crippen molar-refractivity contribution in [1.82, 2.24) is 9.55 Å². The number of fused-ring (bicyclic) bond motifs is 3. The first-order valence-corrected chi connectivity index (χ1v) is 6.71. The Hall–Kier alpha value is -2.40. The van der Waals surface area contributed by atoms with Crippen LogP contribution < -0.4 is 10.5 Å². The van der Waals surface area contributed by atoms with Gasteiger partial charge in [0, 0.05) is 38.5 Å². The number of methoxy groups -OCH3 is 1. The molecular weight excluding hydrogens is 266 g/mol. The summed E-state index contributed by atoms with van der Waals surface area (Å²) in [6.45, 7) is 0.219. The lowest BCUT2D eigenvalue weighted by atomic mass is 10.1. The van der Waals surface area contributed by atoms with E-state index in [1.807, 2.05) is 37.2 Å². The summed E-state index contributed by atoms with van der Waals surface area (Å²) in [6.07, 6.45) is 1.71. The van der Waals surface area contributed by atoms with Crippen LogP contribution in [0.25, 0.3) is 21.8 Å². The van der Waals surface area contributed by atoms with Gasteiger partial charge in [-0.2, -0.15) is 0 Å². The second kappa shape index (κ2) is 5.18. The molecule has 108 valence electrons. The summed E-state index contributed by atoms with van der Waals surface area (Å²) in [5, 5.41) is 1.56. The lowest BCUT2D eigenvalue weighted by Crippen LogP contribution is -2.22. The van der Waals surface area contributed by atoms with Crippen LogP contribution in [0.2, 0.25) is 0 Å². The lowest BCUT2D eigenvalue weighted by Gasteiger charge is -2.16. The van der Waals surface area contributed by atoms with Crippen molar-refractivity contribution >= 4 is 27.5 Å². The van der Waals surface area contributed by atoms with Crippen molar-refractivity contribution in [1.29, 1.82) is 0 Å². The van der Waals surface area contributed by atoms with Crippen molar-refractivity contribution in [3.63, 3.8) is 0 Å². The zero-order chi connectivity index (χ0) is 15.0. The second-order valence-electron chi connectivity index (χ2n) is 5.15. The fourth-order valence-electron chi connectivity index (χ4n) is 2.53. The third-order valence-electron chi connectivity index (χ3n) is 3.59. The molecule has 2 heterocycles. The average molecular weight is 283 g/mol. The molecule has 0 saturated carbocycles. The van der Waals surface area contributed by atoms with Crippen LogP contribution in [-0.2, 0) is 11.5 Å². The summed E-state index contributed by atoms with van der Waals surface area (Å²) in [6, 6.07) is 9.60. The molecule has 0 saturated heterocycles. The van der Waals surface area contributed by atoms with Crippen molar-refractivity contribution in [3.05, 3.63) is 46.9 Å². The second-order valence-corrected chi connectivity index (χ2v) is 5.15. The molecule has 0 aliphatic carbocycles. The van der Waals surface area contributed by atoms with Crippen molar-refractivity contribution < 1.29 is 4.74 Å². The van der Waals surface area contributed by atoms with Gasteiger partial charge in [-0.3, -0.25) is 14.3 Å². The quantitative estimate of drug-likeness (QED) is 0.692. The zero-order valence-corrected chi connectivity index (χ0v) is 12.3. The van der Waals surface area contributed by atoms with E-state index in [0.717, 1.165) is 22.1 Å². The first-order valence-electron chi connectivity index (χ1n) is 6.71. The summed E-state index contributed by atoms with van der Waals surface area (Å²) in [5.74, 6) is 0. The SMILES string of the molecule is COCn1c(=O)c2cccnc2c2ccc(N(C)C)cc21. The predicted octanol–water partition coefficient (Wildman–Crippen LogP) is 2.22. The Morgan fingerprint density at radius 1 is 1.24 bits per heavy atom. The van der Waals surface area contributed by atoms with Crippen molar-refractivity contribution in [2.24, 2.45) is 0 Å². The molecule has 0 radical (unpaired) electrons. The molecule has 0 aliphatic heterocycles. The van der Waals surface area contributed by atoms with Gasteiger partial charge in [-0.1, -0.05) is 0 Å². The Morgan fingerprint density at radius 2 is 2.05 bits per heavy atom. The van der Waals surface area contributed by atoms with Crippen molar-refractivity contribution in [2.75, 3.05) is 26.1 Å². The normalized spacial score (nSPS) is 11.2. The molecule has 0 aliphatic rings. The molecule has 21 heavy (non-hydrogen) atoms. The average Bonchev–Trinajstić information content (AvgIpc) is 2.51. The fraction of sp³-hybridized carbons (Fsp3) is 0.250. The van der Waals surface area contributed by atoms with E-state index >= 15 is 0 Å². The summed E-state index contributed by atoms with van der Waals surface area (Å²) in [5.41, 5.74) is 2.51. The highest BCUT2D eigenvalue weighted by molar-refractivity contribution is 6.03. The Morgan fingerprint density at radius 3 is 2.76 bits per heavy atom. The van der Waals surface area contributed by atoms with Crippen LogP contribution in [0.4, 0.5) is 5.69 Å². The van der Waals surface area contributed by atoms with Gasteiger partial charge >= 0.3 is 0 Å². The van der Waals surface area contributed by atoms with Crippen LogP contribution in [0.5, 0.6) is 0 Å². The van der Waals surface area contributed by atoms with E-state index in [4.69, 9.17) is 4.74 Å². The molecule has 0 unspecified atom stereocenters. The number of pyridine rings is 2. The minimum atomic E-state index is -0.0802. The van der Waals surface area contributed by atoms with Gasteiger partial charge in [0.15, 0.2) is 0 Å². The zero-order valence-electron chi connectivity index (χ0n) is 12.3. The van der Waals surface area contributed by atoms with Gasteiger partial charge in [0.05, 0.1) is 16.4 Å². The van der Waals surface area contributed by atoms with Gasteiger partial charge in [-0.05, 0) is 30.3 Å². The van der Waals surface area contributed by atoms with Crippen LogP contribution in [0.15, 0.2) is 41.3 Å². The molecule has 3 rings (SSSR count). The number of rotatable bonds is 3. The van der Waals surface area contributed by atoms with Crippen molar-refractivity contribution in [3.8, 4) is 0 Å². The van der Waals surface area contributed by atoms with E-state index in [9.17, 15) is 4.79 Å². The fourth-order valence-corrected chi connectivity index (χ4v) is 2.53. The maximum atomic E-state index is 12.6. The lowest BCUT2D eigenvalue weighted by molar-refractivity contribution is 0.132. The predicted molar refractivity (Wildman–Crippen MR) is 84.8 cm³/mol. The molecule has 0 spiro atoms. The Bertz CT molecular complexity index is 868. The summed E-state index contributed by atoms with van der Waals surface area (Å²) < 4.78 is 6.84. The molecule has 0 amide bonds. The Labute approximate surface area is 122 Å². The topological polar surface area (TPSA) is 47.4 Å². The van der Waals surface area contributed by atoms with E-state index in [1.165, 1.54) is 0 Å². The van der Waals surface area contributed by atoms with Crippen LogP contribution in [-0.4, -0.2) is 30.8 Å². The van der Waals surface area contributed by atoms with Gasteiger partial charge in [0.25, 0.3) is 5.56 Å². The molecule has 0 N–H and O–H groups in total. The first-order chi connectivity index (χ1) is 10.1. The number of nitrogens with zero attached hydrogens (tertiary/aromatic N) is 3. The smallest absolute Gasteiger partial charge is 0.262 e. The van der Waals surface area contributed by atoms with E-state index in [1.54, 1.807) is 30.0 Å². The molecule has 1 aromatic carbocycles. The summed E-state index contributed by atoms with van der Waals surface area (Å²) >= 11 is 0. The molecular formula is C16H17N3O2. The van der Waals surface area contributed by atoms with Gasteiger partial charge in [-0.15, -0.1) is 0 Å². The molecule has 0 fully saturated rings. The Balaban J connectivity index is 2.49. The number of benzene rings is 1. The molecule has 0 bridgehead atoms. The van der Waals surface area contributed by atoms with Crippen LogP contribution in [0.3, 0.4) is 0 Å². The maximum absolute atomic E-state index is 12.6. The van der Waals surface area contributed by atoms with Crippen LogP contribution in [0, 0.1) is 0 Å². The molecule has 0 atom stereocenters. The highest BCUT2D eigenvalue weighted by Crippen LogP contribution is 2.25. The standard InChI is InChI=1S/C16H17N3O2/c1-18(2)11-6-7-12-14(9-11)19(10-21-3)16(20)13-5-4-8-17-15(12)13/h4-9H,10H2,1-3H3. The Kier molecular flexibility index (Phi) is 3.35. The number of anilines is 1. The van der Waals surface area contributed by atoms with Gasteiger partial charge in [0.1, 0.15) is 6.73 Å². The van der Waals surface area contributed by atoms with E-state index < -0.39 is 0 Å². The third kappa shape index (κ3) is 2.15. The number of ether oxygens (including phenoxy) is 1. The van der Waals surface area contributed by atoms with E-state index in [0.29, 0.717) is 5.39 Å². The monoisotopic (exact) mass is 283 g/mol. The van der Waals surface area contributed by atoms with Gasteiger partial charge in [-0.25, -0.2) is 0 Å². The van der Waals surface area contributed by atoms with Crippen LogP contribution in [0.1, 0.15) is 0 Å². The molecule has 2 aromatic heterocycles. The van der Waals surface area contributed by atoms with Gasteiger partial charge < -0.3 is 9.64 Å². The highest BCUT2D eigenvalue weighted by atomic mass is 16.5.